The maximum atomic E-state index is 11.8. The first kappa shape index (κ1) is 16.5. The van der Waals surface area contributed by atoms with Gasteiger partial charge < -0.3 is 10.2 Å². The van der Waals surface area contributed by atoms with Crippen LogP contribution in [-0.2, 0) is 16.1 Å². The number of halogens is 1. The number of rotatable bonds is 6. The van der Waals surface area contributed by atoms with E-state index in [1.165, 1.54) is 11.8 Å². The Morgan fingerprint density at radius 2 is 1.90 bits per heavy atom. The third kappa shape index (κ3) is 5.61. The van der Waals surface area contributed by atoms with Crippen molar-refractivity contribution in [1.82, 2.24) is 10.2 Å². The standard InChI is InChI=1S/C15H21ClN2O2/c1-4-11(2)17-15(20)10-18(12(3)19)9-13-5-7-14(16)8-6-13/h5-8,11H,4,9-10H2,1-3H3,(H,17,20). The van der Waals surface area contributed by atoms with E-state index in [0.717, 1.165) is 12.0 Å². The smallest absolute Gasteiger partial charge is 0.239 e. The summed E-state index contributed by atoms with van der Waals surface area (Å²) < 4.78 is 0. The van der Waals surface area contributed by atoms with Gasteiger partial charge in [-0.05, 0) is 31.0 Å². The molecule has 110 valence electrons. The number of nitrogens with zero attached hydrogens (tertiary/aromatic N) is 1. The van der Waals surface area contributed by atoms with Gasteiger partial charge >= 0.3 is 0 Å². The minimum atomic E-state index is -0.136. The summed E-state index contributed by atoms with van der Waals surface area (Å²) in [4.78, 5) is 25.0. The molecular weight excluding hydrogens is 276 g/mol. The van der Waals surface area contributed by atoms with E-state index in [9.17, 15) is 9.59 Å². The Balaban J connectivity index is 2.63. The predicted molar refractivity (Wildman–Crippen MR) is 80.4 cm³/mol. The molecule has 0 spiro atoms. The van der Waals surface area contributed by atoms with Crippen molar-refractivity contribution in [3.63, 3.8) is 0 Å². The molecule has 2 amide bonds. The number of nitrogens with one attached hydrogen (secondary N) is 1. The summed E-state index contributed by atoms with van der Waals surface area (Å²) in [5.41, 5.74) is 0.945. The molecule has 0 aliphatic heterocycles. The van der Waals surface area contributed by atoms with E-state index in [0.29, 0.717) is 11.6 Å². The fraction of sp³-hybridized carbons (Fsp3) is 0.467. The van der Waals surface area contributed by atoms with Crippen LogP contribution in [0.2, 0.25) is 5.02 Å². The van der Waals surface area contributed by atoms with Crippen molar-refractivity contribution in [3.05, 3.63) is 34.9 Å². The van der Waals surface area contributed by atoms with Gasteiger partial charge in [-0.3, -0.25) is 9.59 Å². The van der Waals surface area contributed by atoms with Crippen LogP contribution >= 0.6 is 11.6 Å². The van der Waals surface area contributed by atoms with E-state index in [-0.39, 0.29) is 24.4 Å². The quantitative estimate of drug-likeness (QED) is 0.877. The summed E-state index contributed by atoms with van der Waals surface area (Å²) in [5, 5.41) is 3.51. The highest BCUT2D eigenvalue weighted by molar-refractivity contribution is 6.30. The normalized spacial score (nSPS) is 11.8. The Hall–Kier alpha value is -1.55. The summed E-state index contributed by atoms with van der Waals surface area (Å²) in [5.74, 6) is -0.261. The molecule has 20 heavy (non-hydrogen) atoms. The summed E-state index contributed by atoms with van der Waals surface area (Å²) in [6.45, 7) is 5.88. The molecule has 0 fully saturated rings. The maximum absolute atomic E-state index is 11.8. The van der Waals surface area contributed by atoms with Gasteiger partial charge in [0.25, 0.3) is 0 Å². The van der Waals surface area contributed by atoms with Gasteiger partial charge in [-0.15, -0.1) is 0 Å². The summed E-state index contributed by atoms with van der Waals surface area (Å²) in [6, 6.07) is 7.37. The minimum Gasteiger partial charge on any atom is -0.352 e. The van der Waals surface area contributed by atoms with E-state index >= 15 is 0 Å². The second kappa shape index (κ2) is 7.90. The lowest BCUT2D eigenvalue weighted by Crippen LogP contribution is -2.42. The van der Waals surface area contributed by atoms with Gasteiger partial charge in [0.05, 0.1) is 6.54 Å². The zero-order chi connectivity index (χ0) is 15.1. The summed E-state index contributed by atoms with van der Waals surface area (Å²) in [6.07, 6.45) is 0.864. The maximum Gasteiger partial charge on any atom is 0.239 e. The molecule has 1 unspecified atom stereocenters. The summed E-state index contributed by atoms with van der Waals surface area (Å²) in [7, 11) is 0. The van der Waals surface area contributed by atoms with Crippen LogP contribution in [0.15, 0.2) is 24.3 Å². The average Bonchev–Trinajstić information content (AvgIpc) is 2.40. The fourth-order valence-electron chi connectivity index (χ4n) is 1.68. The lowest BCUT2D eigenvalue weighted by molar-refractivity contribution is -0.135. The second-order valence-electron chi connectivity index (χ2n) is 4.88. The Labute approximate surface area is 125 Å². The molecule has 0 saturated carbocycles. The van der Waals surface area contributed by atoms with Crippen LogP contribution in [0, 0.1) is 0 Å². The lowest BCUT2D eigenvalue weighted by Gasteiger charge is -2.22. The van der Waals surface area contributed by atoms with Crippen molar-refractivity contribution in [2.24, 2.45) is 0 Å². The first-order valence-electron chi connectivity index (χ1n) is 6.71. The van der Waals surface area contributed by atoms with E-state index in [1.807, 2.05) is 26.0 Å². The van der Waals surface area contributed by atoms with Crippen LogP contribution < -0.4 is 5.32 Å². The van der Waals surface area contributed by atoms with Crippen LogP contribution in [0.3, 0.4) is 0 Å². The molecule has 0 aliphatic carbocycles. The molecule has 1 rings (SSSR count). The van der Waals surface area contributed by atoms with Gasteiger partial charge in [0.2, 0.25) is 11.8 Å². The largest absolute Gasteiger partial charge is 0.352 e. The van der Waals surface area contributed by atoms with Gasteiger partial charge in [-0.1, -0.05) is 30.7 Å². The minimum absolute atomic E-state index is 0.0717. The third-order valence-corrected chi connectivity index (χ3v) is 3.34. The predicted octanol–water partition coefficient (Wildman–Crippen LogP) is 2.60. The molecule has 1 aromatic rings. The summed E-state index contributed by atoms with van der Waals surface area (Å²) >= 11 is 5.82. The zero-order valence-corrected chi connectivity index (χ0v) is 12.9. The van der Waals surface area contributed by atoms with Gasteiger partial charge in [0.15, 0.2) is 0 Å². The molecular formula is C15H21ClN2O2. The molecule has 0 radical (unpaired) electrons. The van der Waals surface area contributed by atoms with E-state index in [2.05, 4.69) is 5.32 Å². The van der Waals surface area contributed by atoms with Gasteiger partial charge in [-0.2, -0.15) is 0 Å². The van der Waals surface area contributed by atoms with E-state index in [4.69, 9.17) is 11.6 Å². The highest BCUT2D eigenvalue weighted by Gasteiger charge is 2.15. The molecule has 0 saturated heterocycles. The lowest BCUT2D eigenvalue weighted by atomic mass is 10.2. The van der Waals surface area contributed by atoms with E-state index < -0.39 is 0 Å². The molecule has 1 aromatic carbocycles. The van der Waals surface area contributed by atoms with Crippen molar-refractivity contribution in [2.75, 3.05) is 6.54 Å². The SMILES string of the molecule is CCC(C)NC(=O)CN(Cc1ccc(Cl)cc1)C(C)=O. The Morgan fingerprint density at radius 1 is 1.30 bits per heavy atom. The monoisotopic (exact) mass is 296 g/mol. The van der Waals surface area contributed by atoms with Gasteiger partial charge in [0.1, 0.15) is 0 Å². The van der Waals surface area contributed by atoms with Crippen LogP contribution in [0.1, 0.15) is 32.8 Å². The molecule has 0 aromatic heterocycles. The Kier molecular flexibility index (Phi) is 6.52. The van der Waals surface area contributed by atoms with Crippen molar-refractivity contribution >= 4 is 23.4 Å². The second-order valence-corrected chi connectivity index (χ2v) is 5.31. The molecule has 0 heterocycles. The van der Waals surface area contributed by atoms with Gasteiger partial charge in [0, 0.05) is 24.5 Å². The van der Waals surface area contributed by atoms with E-state index in [1.54, 1.807) is 12.1 Å². The molecule has 0 bridgehead atoms. The number of benzene rings is 1. The molecule has 1 N–H and O–H groups in total. The van der Waals surface area contributed by atoms with Crippen molar-refractivity contribution in [2.45, 2.75) is 39.8 Å². The number of carbonyl (C=O) groups is 2. The van der Waals surface area contributed by atoms with Gasteiger partial charge in [-0.25, -0.2) is 0 Å². The van der Waals surface area contributed by atoms with Crippen LogP contribution in [0.5, 0.6) is 0 Å². The van der Waals surface area contributed by atoms with Crippen LogP contribution in [0.25, 0.3) is 0 Å². The third-order valence-electron chi connectivity index (χ3n) is 3.09. The fourth-order valence-corrected chi connectivity index (χ4v) is 1.81. The topological polar surface area (TPSA) is 49.4 Å². The number of amides is 2. The highest BCUT2D eigenvalue weighted by Crippen LogP contribution is 2.11. The first-order valence-corrected chi connectivity index (χ1v) is 7.09. The molecule has 0 aliphatic rings. The molecule has 4 nitrogen and oxygen atoms in total. The first-order chi connectivity index (χ1) is 9.42. The van der Waals surface area contributed by atoms with Crippen molar-refractivity contribution < 1.29 is 9.59 Å². The number of hydrogen-bond donors (Lipinski definition) is 1. The number of hydrogen-bond acceptors (Lipinski definition) is 2. The zero-order valence-electron chi connectivity index (χ0n) is 12.1. The van der Waals surface area contributed by atoms with Crippen LogP contribution in [-0.4, -0.2) is 29.3 Å². The van der Waals surface area contributed by atoms with Crippen molar-refractivity contribution in [3.8, 4) is 0 Å². The number of carbonyl (C=O) groups excluding carboxylic acids is 2. The molecule has 1 atom stereocenters. The van der Waals surface area contributed by atoms with Crippen LogP contribution in [0.4, 0.5) is 0 Å². The Morgan fingerprint density at radius 3 is 2.40 bits per heavy atom. The molecule has 5 heteroatoms. The highest BCUT2D eigenvalue weighted by atomic mass is 35.5. The average molecular weight is 297 g/mol. The Bertz CT molecular complexity index is 459. The van der Waals surface area contributed by atoms with Crippen molar-refractivity contribution in [1.29, 1.82) is 0 Å².